The van der Waals surface area contributed by atoms with Gasteiger partial charge in [-0.15, -0.1) is 0 Å². The fraction of sp³-hybridized carbons (Fsp3) is 0.308. The van der Waals surface area contributed by atoms with Crippen molar-refractivity contribution in [3.8, 4) is 0 Å². The van der Waals surface area contributed by atoms with E-state index in [2.05, 4.69) is 43.8 Å². The molecular formula is C13H15N3O2S. The van der Waals surface area contributed by atoms with Crippen LogP contribution in [0, 0.1) is 0 Å². The monoisotopic (exact) mass is 277 g/mol. The molecule has 0 amide bonds. The molecule has 0 aliphatic heterocycles. The molecule has 19 heavy (non-hydrogen) atoms. The zero-order valence-electron chi connectivity index (χ0n) is 10.8. The predicted molar refractivity (Wildman–Crippen MR) is 74.5 cm³/mol. The predicted octanol–water partition coefficient (Wildman–Crippen LogP) is 2.37. The van der Waals surface area contributed by atoms with E-state index in [0.29, 0.717) is 5.82 Å². The first-order valence-corrected chi connectivity index (χ1v) is 6.82. The number of ether oxygens (including phenoxy) is 1. The Labute approximate surface area is 115 Å². The molecule has 0 fully saturated rings. The van der Waals surface area contributed by atoms with E-state index in [1.165, 1.54) is 12.7 Å². The lowest BCUT2D eigenvalue weighted by Gasteiger charge is -2.13. The zero-order valence-corrected chi connectivity index (χ0v) is 11.6. The summed E-state index contributed by atoms with van der Waals surface area (Å²) in [5.74, 6) is 0.155. The first-order valence-electron chi connectivity index (χ1n) is 5.88. The minimum absolute atomic E-state index is 0.0650. The van der Waals surface area contributed by atoms with Gasteiger partial charge in [-0.2, -0.15) is 11.3 Å². The van der Waals surface area contributed by atoms with Gasteiger partial charge in [0.2, 0.25) is 5.82 Å². The number of carbonyl (C=O) groups is 1. The largest absolute Gasteiger partial charge is 0.463 e. The number of aromatic nitrogens is 2. The number of rotatable bonds is 5. The second kappa shape index (κ2) is 6.29. The van der Waals surface area contributed by atoms with E-state index < -0.39 is 5.97 Å². The number of nitrogens with zero attached hydrogens (tertiary/aromatic N) is 2. The summed E-state index contributed by atoms with van der Waals surface area (Å²) in [7, 11) is 1.31. The van der Waals surface area contributed by atoms with Gasteiger partial charge in [-0.3, -0.25) is 0 Å². The molecule has 6 heteroatoms. The van der Waals surface area contributed by atoms with Crippen molar-refractivity contribution in [2.24, 2.45) is 0 Å². The number of nitrogens with one attached hydrogen (secondary N) is 1. The number of esters is 1. The van der Waals surface area contributed by atoms with E-state index in [0.717, 1.165) is 6.42 Å². The molecule has 1 atom stereocenters. The topological polar surface area (TPSA) is 64.1 Å². The van der Waals surface area contributed by atoms with Crippen LogP contribution in [0.5, 0.6) is 0 Å². The lowest BCUT2D eigenvalue weighted by Crippen LogP contribution is -2.19. The molecule has 5 nitrogen and oxygen atoms in total. The maximum atomic E-state index is 11.3. The van der Waals surface area contributed by atoms with E-state index in [1.807, 2.05) is 0 Å². The molecule has 2 heterocycles. The quantitative estimate of drug-likeness (QED) is 0.850. The molecule has 0 aromatic carbocycles. The van der Waals surface area contributed by atoms with Crippen molar-refractivity contribution in [3.05, 3.63) is 40.5 Å². The highest BCUT2D eigenvalue weighted by molar-refractivity contribution is 7.07. The molecule has 2 aromatic heterocycles. The van der Waals surface area contributed by atoms with Crippen molar-refractivity contribution in [1.82, 2.24) is 9.97 Å². The normalized spacial score (nSPS) is 11.9. The number of thiophene rings is 1. The Morgan fingerprint density at radius 3 is 3.05 bits per heavy atom. The summed E-state index contributed by atoms with van der Waals surface area (Å²) in [6.45, 7) is 2.07. The highest BCUT2D eigenvalue weighted by atomic mass is 32.1. The molecule has 1 unspecified atom stereocenters. The molecule has 0 saturated heterocycles. The molecular weight excluding hydrogens is 262 g/mol. The van der Waals surface area contributed by atoms with E-state index in [4.69, 9.17) is 0 Å². The summed E-state index contributed by atoms with van der Waals surface area (Å²) in [5, 5.41) is 7.43. The first kappa shape index (κ1) is 13.5. The standard InChI is InChI=1S/C13H15N3O2S/c1-9(7-10-4-6-19-8-10)15-11-3-5-14-12(16-11)13(17)18-2/h3-6,8-9H,7H2,1-2H3,(H,14,15,16). The summed E-state index contributed by atoms with van der Waals surface area (Å²) in [4.78, 5) is 19.3. The molecule has 0 radical (unpaired) electrons. The molecule has 0 bridgehead atoms. The van der Waals surface area contributed by atoms with Gasteiger partial charge in [0.1, 0.15) is 5.82 Å². The van der Waals surface area contributed by atoms with Crippen LogP contribution in [0.3, 0.4) is 0 Å². The summed E-state index contributed by atoms with van der Waals surface area (Å²) >= 11 is 1.68. The van der Waals surface area contributed by atoms with Gasteiger partial charge >= 0.3 is 5.97 Å². The van der Waals surface area contributed by atoms with E-state index >= 15 is 0 Å². The molecule has 2 rings (SSSR count). The molecule has 1 N–H and O–H groups in total. The third-order valence-corrected chi connectivity index (χ3v) is 3.27. The van der Waals surface area contributed by atoms with Gasteiger partial charge in [0.15, 0.2) is 0 Å². The van der Waals surface area contributed by atoms with Gasteiger partial charge in [0.05, 0.1) is 7.11 Å². The Morgan fingerprint density at radius 2 is 2.37 bits per heavy atom. The average molecular weight is 277 g/mol. The molecule has 100 valence electrons. The molecule has 2 aromatic rings. The van der Waals surface area contributed by atoms with Gasteiger partial charge < -0.3 is 10.1 Å². The molecule has 0 spiro atoms. The number of anilines is 1. The van der Waals surface area contributed by atoms with Gasteiger partial charge in [-0.1, -0.05) is 0 Å². The first-order chi connectivity index (χ1) is 9.19. The van der Waals surface area contributed by atoms with Crippen LogP contribution >= 0.6 is 11.3 Å². The Kier molecular flexibility index (Phi) is 4.46. The summed E-state index contributed by atoms with van der Waals surface area (Å²) in [6, 6.07) is 4.05. The molecule has 0 aliphatic carbocycles. The maximum absolute atomic E-state index is 11.3. The SMILES string of the molecule is COC(=O)c1nccc(NC(C)Cc2ccsc2)n1. The Bertz CT molecular complexity index is 543. The van der Waals surface area contributed by atoms with E-state index in [9.17, 15) is 4.79 Å². The van der Waals surface area contributed by atoms with Crippen LogP contribution in [-0.2, 0) is 11.2 Å². The van der Waals surface area contributed by atoms with Crippen molar-refractivity contribution in [2.75, 3.05) is 12.4 Å². The van der Waals surface area contributed by atoms with Crippen molar-refractivity contribution in [2.45, 2.75) is 19.4 Å². The summed E-state index contributed by atoms with van der Waals surface area (Å²) in [6.07, 6.45) is 2.44. The van der Waals surface area contributed by atoms with Crippen LogP contribution in [0.25, 0.3) is 0 Å². The number of carbonyl (C=O) groups excluding carboxylic acids is 1. The van der Waals surface area contributed by atoms with Gasteiger partial charge in [-0.25, -0.2) is 14.8 Å². The number of methoxy groups -OCH3 is 1. The minimum atomic E-state index is -0.533. The fourth-order valence-corrected chi connectivity index (χ4v) is 2.38. The van der Waals surface area contributed by atoms with Crippen LogP contribution in [0.1, 0.15) is 23.1 Å². The third-order valence-electron chi connectivity index (χ3n) is 2.54. The third kappa shape index (κ3) is 3.75. The smallest absolute Gasteiger partial charge is 0.376 e. The van der Waals surface area contributed by atoms with Crippen molar-refractivity contribution in [1.29, 1.82) is 0 Å². The average Bonchev–Trinajstić information content (AvgIpc) is 2.90. The van der Waals surface area contributed by atoms with Gasteiger partial charge in [0.25, 0.3) is 0 Å². The van der Waals surface area contributed by atoms with E-state index in [-0.39, 0.29) is 11.9 Å². The lowest BCUT2D eigenvalue weighted by molar-refractivity contribution is 0.0587. The second-order valence-corrected chi connectivity index (χ2v) is 4.92. The minimum Gasteiger partial charge on any atom is -0.463 e. The second-order valence-electron chi connectivity index (χ2n) is 4.14. The van der Waals surface area contributed by atoms with Crippen molar-refractivity contribution < 1.29 is 9.53 Å². The van der Waals surface area contributed by atoms with Gasteiger partial charge in [0, 0.05) is 12.2 Å². The van der Waals surface area contributed by atoms with Crippen molar-refractivity contribution in [3.63, 3.8) is 0 Å². The lowest BCUT2D eigenvalue weighted by atomic mass is 10.1. The highest BCUT2D eigenvalue weighted by Gasteiger charge is 2.11. The van der Waals surface area contributed by atoms with Crippen LogP contribution in [0.2, 0.25) is 0 Å². The van der Waals surface area contributed by atoms with Crippen LogP contribution in [-0.4, -0.2) is 29.1 Å². The maximum Gasteiger partial charge on any atom is 0.376 e. The zero-order chi connectivity index (χ0) is 13.7. The van der Waals surface area contributed by atoms with Crippen LogP contribution in [0.15, 0.2) is 29.1 Å². The summed E-state index contributed by atoms with van der Waals surface area (Å²) in [5.41, 5.74) is 1.28. The Hall–Kier alpha value is -1.95. The number of hydrogen-bond acceptors (Lipinski definition) is 6. The van der Waals surface area contributed by atoms with Crippen LogP contribution < -0.4 is 5.32 Å². The Balaban J connectivity index is 2.00. The molecule has 0 aliphatic rings. The van der Waals surface area contributed by atoms with Crippen molar-refractivity contribution >= 4 is 23.1 Å². The van der Waals surface area contributed by atoms with Gasteiger partial charge in [-0.05, 0) is 41.8 Å². The summed E-state index contributed by atoms with van der Waals surface area (Å²) < 4.78 is 4.59. The molecule has 0 saturated carbocycles. The fourth-order valence-electron chi connectivity index (χ4n) is 1.69. The Morgan fingerprint density at radius 1 is 1.53 bits per heavy atom. The number of hydrogen-bond donors (Lipinski definition) is 1. The highest BCUT2D eigenvalue weighted by Crippen LogP contribution is 2.11. The van der Waals surface area contributed by atoms with Crippen LogP contribution in [0.4, 0.5) is 5.82 Å². The van der Waals surface area contributed by atoms with E-state index in [1.54, 1.807) is 23.6 Å².